The van der Waals surface area contributed by atoms with E-state index in [4.69, 9.17) is 9.26 Å². The average molecular weight is 317 g/mol. The summed E-state index contributed by atoms with van der Waals surface area (Å²) in [5.41, 5.74) is 1.01. The SMILES string of the molecule is Cc1nc(-c2cccc(C(=O)N3CCOC[C@@H]3C(=O)O)c2)no1. The molecule has 1 N–H and O–H groups in total. The van der Waals surface area contributed by atoms with Crippen LogP contribution in [0.3, 0.4) is 0 Å². The lowest BCUT2D eigenvalue weighted by Gasteiger charge is -2.32. The van der Waals surface area contributed by atoms with Crippen LogP contribution >= 0.6 is 0 Å². The van der Waals surface area contributed by atoms with Crippen LogP contribution in [-0.4, -0.2) is 57.8 Å². The normalized spacial score (nSPS) is 18.0. The number of carboxylic acid groups (broad SMARTS) is 1. The van der Waals surface area contributed by atoms with Crippen LogP contribution in [0.2, 0.25) is 0 Å². The highest BCUT2D eigenvalue weighted by molar-refractivity contribution is 5.97. The Kier molecular flexibility index (Phi) is 4.07. The van der Waals surface area contributed by atoms with Crippen LogP contribution in [0.25, 0.3) is 11.4 Å². The zero-order chi connectivity index (χ0) is 16.4. The number of hydrogen-bond donors (Lipinski definition) is 1. The third-order valence-electron chi connectivity index (χ3n) is 3.57. The third-order valence-corrected chi connectivity index (χ3v) is 3.57. The Labute approximate surface area is 131 Å². The smallest absolute Gasteiger partial charge is 0.328 e. The molecule has 2 aromatic rings. The standard InChI is InChI=1S/C15H15N3O5/c1-9-16-13(17-23-9)10-3-2-4-11(7-10)14(19)18-5-6-22-8-12(18)15(20)21/h2-4,7,12H,5-6,8H2,1H3,(H,20,21)/t12-/m1/s1. The van der Waals surface area contributed by atoms with Crippen molar-refractivity contribution in [2.24, 2.45) is 0 Å². The molecular formula is C15H15N3O5. The molecule has 8 nitrogen and oxygen atoms in total. The molecule has 0 radical (unpaired) electrons. The van der Waals surface area contributed by atoms with Crippen LogP contribution in [-0.2, 0) is 9.53 Å². The molecule has 1 amide bonds. The summed E-state index contributed by atoms with van der Waals surface area (Å²) >= 11 is 0. The van der Waals surface area contributed by atoms with Crippen molar-refractivity contribution in [2.45, 2.75) is 13.0 Å². The summed E-state index contributed by atoms with van der Waals surface area (Å²) in [6.45, 7) is 2.22. The minimum atomic E-state index is -1.08. The van der Waals surface area contributed by atoms with Gasteiger partial charge in [0.1, 0.15) is 0 Å². The van der Waals surface area contributed by atoms with E-state index >= 15 is 0 Å². The van der Waals surface area contributed by atoms with Crippen molar-refractivity contribution in [3.05, 3.63) is 35.7 Å². The summed E-state index contributed by atoms with van der Waals surface area (Å²) < 4.78 is 10.1. The van der Waals surface area contributed by atoms with Gasteiger partial charge in [-0.1, -0.05) is 17.3 Å². The lowest BCUT2D eigenvalue weighted by molar-refractivity contribution is -0.147. The first-order valence-corrected chi connectivity index (χ1v) is 7.08. The van der Waals surface area contributed by atoms with Crippen LogP contribution < -0.4 is 0 Å². The number of ether oxygens (including phenoxy) is 1. The minimum Gasteiger partial charge on any atom is -0.480 e. The van der Waals surface area contributed by atoms with E-state index in [1.165, 1.54) is 4.90 Å². The van der Waals surface area contributed by atoms with E-state index in [-0.39, 0.29) is 19.1 Å². The lowest BCUT2D eigenvalue weighted by atomic mass is 10.1. The van der Waals surface area contributed by atoms with Gasteiger partial charge in [0.05, 0.1) is 13.2 Å². The molecule has 1 aliphatic rings. The number of benzene rings is 1. The average Bonchev–Trinajstić information content (AvgIpc) is 3.01. The van der Waals surface area contributed by atoms with Crippen molar-refractivity contribution in [3.63, 3.8) is 0 Å². The largest absolute Gasteiger partial charge is 0.480 e. The Balaban J connectivity index is 1.88. The summed E-state index contributed by atoms with van der Waals surface area (Å²) in [7, 11) is 0. The van der Waals surface area contributed by atoms with Crippen molar-refractivity contribution in [2.75, 3.05) is 19.8 Å². The van der Waals surface area contributed by atoms with Crippen LogP contribution in [0.5, 0.6) is 0 Å². The Hall–Kier alpha value is -2.74. The van der Waals surface area contributed by atoms with Gasteiger partial charge in [-0.15, -0.1) is 0 Å². The highest BCUT2D eigenvalue weighted by Gasteiger charge is 2.33. The summed E-state index contributed by atoms with van der Waals surface area (Å²) in [5, 5.41) is 13.1. The molecule has 1 saturated heterocycles. The van der Waals surface area contributed by atoms with E-state index in [0.29, 0.717) is 29.4 Å². The molecule has 120 valence electrons. The van der Waals surface area contributed by atoms with E-state index in [1.54, 1.807) is 31.2 Å². The van der Waals surface area contributed by atoms with Crippen molar-refractivity contribution in [1.82, 2.24) is 15.0 Å². The Morgan fingerprint density at radius 1 is 1.39 bits per heavy atom. The monoisotopic (exact) mass is 317 g/mol. The van der Waals surface area contributed by atoms with Gasteiger partial charge in [0.15, 0.2) is 6.04 Å². The second-order valence-electron chi connectivity index (χ2n) is 5.15. The molecular weight excluding hydrogens is 302 g/mol. The predicted octanol–water partition coefficient (Wildman–Crippen LogP) is 0.971. The molecule has 0 spiro atoms. The Morgan fingerprint density at radius 2 is 2.22 bits per heavy atom. The molecule has 0 saturated carbocycles. The van der Waals surface area contributed by atoms with Gasteiger partial charge in [-0.3, -0.25) is 4.79 Å². The first-order valence-electron chi connectivity index (χ1n) is 7.08. The Morgan fingerprint density at radius 3 is 2.91 bits per heavy atom. The molecule has 8 heteroatoms. The van der Waals surface area contributed by atoms with Gasteiger partial charge in [0, 0.05) is 24.6 Å². The molecule has 0 bridgehead atoms. The maximum Gasteiger partial charge on any atom is 0.328 e. The number of aliphatic carboxylic acids is 1. The minimum absolute atomic E-state index is 0.00913. The maximum atomic E-state index is 12.6. The van der Waals surface area contributed by atoms with Crippen molar-refractivity contribution < 1.29 is 24.0 Å². The number of carboxylic acids is 1. The molecule has 1 atom stereocenters. The molecule has 1 fully saturated rings. The van der Waals surface area contributed by atoms with Crippen molar-refractivity contribution in [3.8, 4) is 11.4 Å². The molecule has 1 aliphatic heterocycles. The van der Waals surface area contributed by atoms with Crippen molar-refractivity contribution in [1.29, 1.82) is 0 Å². The zero-order valence-electron chi connectivity index (χ0n) is 12.4. The van der Waals surface area contributed by atoms with Gasteiger partial charge in [-0.05, 0) is 12.1 Å². The molecule has 3 rings (SSSR count). The fraction of sp³-hybridized carbons (Fsp3) is 0.333. The molecule has 1 aromatic heterocycles. The maximum absolute atomic E-state index is 12.6. The number of carbonyl (C=O) groups is 2. The number of morpholine rings is 1. The van der Waals surface area contributed by atoms with Crippen LogP contribution in [0.1, 0.15) is 16.2 Å². The number of rotatable bonds is 3. The highest BCUT2D eigenvalue weighted by atomic mass is 16.5. The van der Waals surface area contributed by atoms with Gasteiger partial charge in [-0.2, -0.15) is 4.98 Å². The van der Waals surface area contributed by atoms with E-state index in [0.717, 1.165) is 0 Å². The van der Waals surface area contributed by atoms with E-state index in [2.05, 4.69) is 10.1 Å². The third kappa shape index (κ3) is 3.07. The van der Waals surface area contributed by atoms with Crippen LogP contribution in [0, 0.1) is 6.92 Å². The second-order valence-corrected chi connectivity index (χ2v) is 5.15. The highest BCUT2D eigenvalue weighted by Crippen LogP contribution is 2.20. The molecule has 23 heavy (non-hydrogen) atoms. The number of hydrogen-bond acceptors (Lipinski definition) is 6. The van der Waals surface area contributed by atoms with Crippen LogP contribution in [0.15, 0.2) is 28.8 Å². The number of carbonyl (C=O) groups excluding carboxylic acids is 1. The summed E-state index contributed by atoms with van der Waals surface area (Å²) in [4.78, 5) is 29.4. The second kappa shape index (κ2) is 6.17. The number of aryl methyl sites for hydroxylation is 1. The van der Waals surface area contributed by atoms with E-state index < -0.39 is 12.0 Å². The molecule has 0 unspecified atom stereocenters. The van der Waals surface area contributed by atoms with Gasteiger partial charge < -0.3 is 19.3 Å². The molecule has 1 aromatic carbocycles. The van der Waals surface area contributed by atoms with E-state index in [1.807, 2.05) is 0 Å². The quantitative estimate of drug-likeness (QED) is 0.899. The predicted molar refractivity (Wildman–Crippen MR) is 77.8 cm³/mol. The topological polar surface area (TPSA) is 106 Å². The number of aromatic nitrogens is 2. The number of amides is 1. The number of nitrogens with zero attached hydrogens (tertiary/aromatic N) is 3. The van der Waals surface area contributed by atoms with Crippen LogP contribution in [0.4, 0.5) is 0 Å². The first-order chi connectivity index (χ1) is 11.1. The fourth-order valence-electron chi connectivity index (χ4n) is 2.42. The summed E-state index contributed by atoms with van der Waals surface area (Å²) in [6.07, 6.45) is 0. The Bertz CT molecular complexity index is 742. The first kappa shape index (κ1) is 15.2. The lowest BCUT2D eigenvalue weighted by Crippen LogP contribution is -2.52. The summed E-state index contributed by atoms with van der Waals surface area (Å²) in [5.74, 6) is -0.629. The molecule has 2 heterocycles. The van der Waals surface area contributed by atoms with Gasteiger partial charge in [-0.25, -0.2) is 4.79 Å². The summed E-state index contributed by atoms with van der Waals surface area (Å²) in [6, 6.07) is 5.74. The van der Waals surface area contributed by atoms with Gasteiger partial charge in [0.2, 0.25) is 11.7 Å². The van der Waals surface area contributed by atoms with Crippen molar-refractivity contribution >= 4 is 11.9 Å². The van der Waals surface area contributed by atoms with Gasteiger partial charge >= 0.3 is 5.97 Å². The zero-order valence-corrected chi connectivity index (χ0v) is 12.4. The van der Waals surface area contributed by atoms with Gasteiger partial charge in [0.25, 0.3) is 5.91 Å². The van der Waals surface area contributed by atoms with E-state index in [9.17, 15) is 14.7 Å². The fourth-order valence-corrected chi connectivity index (χ4v) is 2.42. The molecule has 0 aliphatic carbocycles.